The van der Waals surface area contributed by atoms with E-state index in [4.69, 9.17) is 22.9 Å². The molecule has 370 valence electrons. The van der Waals surface area contributed by atoms with Crippen LogP contribution >= 0.6 is 22.9 Å². The van der Waals surface area contributed by atoms with E-state index in [1.54, 1.807) is 40.4 Å². The molecule has 5 aromatic rings. The Morgan fingerprint density at radius 3 is 2.37 bits per heavy atom. The zero-order valence-corrected chi connectivity index (χ0v) is 43.4. The molecule has 71 heavy (non-hydrogen) atoms. The largest absolute Gasteiger partial charge is 0.489 e. The zero-order chi connectivity index (χ0) is 51.2. The molecule has 1 unspecified atom stereocenters. The highest BCUT2D eigenvalue weighted by Crippen LogP contribution is 2.59. The van der Waals surface area contributed by atoms with Gasteiger partial charge in [-0.25, -0.2) is 9.83 Å². The lowest BCUT2D eigenvalue weighted by Gasteiger charge is -2.65. The van der Waals surface area contributed by atoms with E-state index in [9.17, 15) is 24.3 Å². The number of ether oxygens (including phenoxy) is 1. The number of Topliss-reactive ketones (excluding diaryl/α,β-unsaturated/α-hetero) is 1. The molecule has 15 heteroatoms. The van der Waals surface area contributed by atoms with Crippen molar-refractivity contribution in [2.75, 3.05) is 0 Å². The molecule has 3 heterocycles. The number of benzene rings is 3. The van der Waals surface area contributed by atoms with Crippen molar-refractivity contribution in [3.05, 3.63) is 129 Å². The summed E-state index contributed by atoms with van der Waals surface area (Å²) in [7, 11) is 0. The minimum absolute atomic E-state index is 0.0158. The van der Waals surface area contributed by atoms with Gasteiger partial charge < -0.3 is 25.4 Å². The zero-order valence-electron chi connectivity index (χ0n) is 41.8. The molecule has 2 fully saturated rings. The predicted octanol–water partition coefficient (Wildman–Crippen LogP) is 9.90. The number of fused-ring (bicyclic) bond motifs is 1. The summed E-state index contributed by atoms with van der Waals surface area (Å²) in [5.74, 6) is 4.70. The minimum Gasteiger partial charge on any atom is -0.489 e. The third-order valence-electron chi connectivity index (χ3n) is 14.6. The van der Waals surface area contributed by atoms with Crippen molar-refractivity contribution in [3.8, 4) is 28.0 Å². The number of ketones is 1. The standard InChI is InChI=1S/C56H62ClN7O6S/c1-32(36-16-18-37(19-17-36)48-33(2)59-31-71-48)61-50(68)43-26-39(65)25-42(43)47(67)49(54(3,4)5)62-46(66)12-11-23-63-29-35(28-60-63)14-13-34-15-21-41-38(24-34)30-64(51(41)69)52-55(6,7)53(56(52,8)9)70-40-20-22-45(58-10)44(57)27-40/h15-22,24,27-29,31-32,39,42-43,49,52-53,65H,11-12,23,25-26,30H2,1-9H3,(H,61,68)(H,62,66)/t32-,39-,42?,43+,49+,52?,53?/m0/s1. The van der Waals surface area contributed by atoms with E-state index in [0.717, 1.165) is 32.8 Å². The van der Waals surface area contributed by atoms with Crippen LogP contribution < -0.4 is 15.4 Å². The number of halogens is 1. The first kappa shape index (κ1) is 51.0. The molecular weight excluding hydrogens is 934 g/mol. The normalized spacial score (nSPS) is 21.7. The van der Waals surface area contributed by atoms with E-state index < -0.39 is 29.4 Å². The summed E-state index contributed by atoms with van der Waals surface area (Å²) < 4.78 is 8.22. The SMILES string of the molecule is [C-]#[N+]c1ccc(OC2C(C)(C)C(N3Cc4cc(C#Cc5cnn(CCCC(=O)N[C@H](C(=O)C6C[C@H](O)C[C@H]6C(=O)N[C@@H](C)c6ccc(-c7scnc7C)cc6)C(C)(C)C)c5)ccc4C3=O)C2(C)C)cc1Cl. The Balaban J connectivity index is 0.830. The van der Waals surface area contributed by atoms with Gasteiger partial charge in [-0.05, 0) is 85.5 Å². The molecular formula is C56H62ClN7O6S. The summed E-state index contributed by atoms with van der Waals surface area (Å²) in [4.78, 5) is 66.2. The van der Waals surface area contributed by atoms with Crippen molar-refractivity contribution in [1.82, 2.24) is 30.3 Å². The highest BCUT2D eigenvalue weighted by molar-refractivity contribution is 7.13. The van der Waals surface area contributed by atoms with E-state index >= 15 is 0 Å². The first-order valence-electron chi connectivity index (χ1n) is 24.2. The molecule has 0 bridgehead atoms. The molecule has 3 amide bonds. The number of amides is 3. The van der Waals surface area contributed by atoms with Crippen LogP contribution in [0.2, 0.25) is 5.02 Å². The van der Waals surface area contributed by atoms with Crippen molar-refractivity contribution < 1.29 is 29.0 Å². The lowest BCUT2D eigenvalue weighted by atomic mass is 9.49. The van der Waals surface area contributed by atoms with E-state index in [1.807, 2.05) is 93.7 Å². The number of thiazole rings is 1. The van der Waals surface area contributed by atoms with Gasteiger partial charge in [-0.3, -0.25) is 23.9 Å². The average Bonchev–Trinajstić information content (AvgIpc) is 4.12. The van der Waals surface area contributed by atoms with Crippen molar-refractivity contribution in [2.24, 2.45) is 28.1 Å². The maximum Gasteiger partial charge on any atom is 0.254 e. The molecule has 0 spiro atoms. The monoisotopic (exact) mass is 995 g/mol. The lowest BCUT2D eigenvalue weighted by molar-refractivity contribution is -0.199. The van der Waals surface area contributed by atoms with Crippen LogP contribution in [0.1, 0.15) is 125 Å². The number of aryl methyl sites for hydroxylation is 2. The van der Waals surface area contributed by atoms with Crippen LogP contribution in [0.4, 0.5) is 5.69 Å². The molecule has 2 aliphatic carbocycles. The molecule has 5 atom stereocenters. The molecule has 2 aromatic heterocycles. The lowest BCUT2D eigenvalue weighted by Crippen LogP contribution is -2.74. The smallest absolute Gasteiger partial charge is 0.254 e. The summed E-state index contributed by atoms with van der Waals surface area (Å²) in [6.07, 6.45) is 3.43. The maximum absolute atomic E-state index is 14.3. The van der Waals surface area contributed by atoms with Crippen LogP contribution in [-0.2, 0) is 27.5 Å². The minimum atomic E-state index is -0.862. The molecule has 8 rings (SSSR count). The quantitative estimate of drug-likeness (QED) is 0.0733. The molecule has 1 aliphatic heterocycles. The van der Waals surface area contributed by atoms with Gasteiger partial charge >= 0.3 is 0 Å². The van der Waals surface area contributed by atoms with Crippen molar-refractivity contribution in [1.29, 1.82) is 0 Å². The van der Waals surface area contributed by atoms with Crippen molar-refractivity contribution in [2.45, 2.75) is 131 Å². The number of nitrogens with one attached hydrogen (secondary N) is 2. The van der Waals surface area contributed by atoms with Crippen molar-refractivity contribution >= 4 is 52.1 Å². The number of aromatic nitrogens is 3. The van der Waals surface area contributed by atoms with Gasteiger partial charge in [0.05, 0.1) is 63.5 Å². The second kappa shape index (κ2) is 20.1. The third kappa shape index (κ3) is 10.5. The fraction of sp³-hybridized carbons (Fsp3) is 0.446. The van der Waals surface area contributed by atoms with Gasteiger partial charge in [0.25, 0.3) is 5.91 Å². The summed E-state index contributed by atoms with van der Waals surface area (Å²) in [5.41, 5.74) is 6.78. The van der Waals surface area contributed by atoms with Crippen LogP contribution in [0, 0.1) is 53.4 Å². The molecule has 13 nitrogen and oxygen atoms in total. The molecule has 2 saturated carbocycles. The van der Waals surface area contributed by atoms with Crippen LogP contribution in [0.25, 0.3) is 15.3 Å². The van der Waals surface area contributed by atoms with Crippen LogP contribution in [0.3, 0.4) is 0 Å². The Kier molecular flexibility index (Phi) is 14.4. The Morgan fingerprint density at radius 1 is 1.00 bits per heavy atom. The van der Waals surface area contributed by atoms with E-state index in [2.05, 4.69) is 65.1 Å². The summed E-state index contributed by atoms with van der Waals surface area (Å²) in [6, 6.07) is 17.5. The fourth-order valence-corrected chi connectivity index (χ4v) is 12.4. The van der Waals surface area contributed by atoms with Gasteiger partial charge in [0, 0.05) is 59.6 Å². The Morgan fingerprint density at radius 2 is 1.70 bits per heavy atom. The Labute approximate surface area is 425 Å². The first-order chi connectivity index (χ1) is 33.6. The van der Waals surface area contributed by atoms with Gasteiger partial charge in [-0.1, -0.05) is 102 Å². The topological polar surface area (TPSA) is 160 Å². The number of aliphatic hydroxyl groups is 1. The average molecular weight is 997 g/mol. The second-order valence-corrected chi connectivity index (χ2v) is 22.9. The van der Waals surface area contributed by atoms with E-state index in [1.165, 1.54) is 0 Å². The molecule has 0 radical (unpaired) electrons. The van der Waals surface area contributed by atoms with E-state index in [0.29, 0.717) is 47.1 Å². The second-order valence-electron chi connectivity index (χ2n) is 21.6. The number of rotatable bonds is 14. The van der Waals surface area contributed by atoms with Gasteiger partial charge in [-0.15, -0.1) is 11.3 Å². The molecule has 3 aliphatic rings. The number of hydrogen-bond donors (Lipinski definition) is 3. The van der Waals surface area contributed by atoms with Crippen LogP contribution in [0.15, 0.2) is 78.6 Å². The highest BCUT2D eigenvalue weighted by atomic mass is 35.5. The third-order valence-corrected chi connectivity index (χ3v) is 15.8. The van der Waals surface area contributed by atoms with E-state index in [-0.39, 0.29) is 71.8 Å². The number of carbonyl (C=O) groups is 4. The van der Waals surface area contributed by atoms with Gasteiger partial charge in [-0.2, -0.15) is 5.10 Å². The molecule has 0 saturated heterocycles. The molecule has 3 aromatic carbocycles. The number of nitrogens with zero attached hydrogens (tertiary/aromatic N) is 5. The fourth-order valence-electron chi connectivity index (χ4n) is 11.4. The number of carbonyl (C=O) groups excluding carboxylic acids is 4. The first-order valence-corrected chi connectivity index (χ1v) is 25.5. The van der Waals surface area contributed by atoms with Gasteiger partial charge in [0.2, 0.25) is 17.5 Å². The van der Waals surface area contributed by atoms with Crippen LogP contribution in [-0.4, -0.2) is 72.6 Å². The van der Waals surface area contributed by atoms with Crippen molar-refractivity contribution in [3.63, 3.8) is 0 Å². The highest BCUT2D eigenvalue weighted by Gasteiger charge is 2.67. The number of hydrogen-bond acceptors (Lipinski definition) is 9. The molecule has 3 N–H and O–H groups in total. The Hall–Kier alpha value is -6.32. The maximum atomic E-state index is 14.3. The number of aliphatic hydroxyl groups excluding tert-OH is 1. The van der Waals surface area contributed by atoms with Crippen LogP contribution in [0.5, 0.6) is 5.75 Å². The summed E-state index contributed by atoms with van der Waals surface area (Å²) in [6.45, 7) is 26.2. The summed E-state index contributed by atoms with van der Waals surface area (Å²) in [5, 5.41) is 21.6. The Bertz CT molecular complexity index is 2950. The van der Waals surface area contributed by atoms with Gasteiger partial charge in [0.1, 0.15) is 11.9 Å². The predicted molar refractivity (Wildman–Crippen MR) is 275 cm³/mol. The summed E-state index contributed by atoms with van der Waals surface area (Å²) >= 11 is 7.89. The van der Waals surface area contributed by atoms with Gasteiger partial charge in [0.15, 0.2) is 5.78 Å².